The summed E-state index contributed by atoms with van der Waals surface area (Å²) < 4.78 is 25.1. The molecule has 102 valence electrons. The van der Waals surface area contributed by atoms with E-state index in [2.05, 4.69) is 6.07 Å². The summed E-state index contributed by atoms with van der Waals surface area (Å²) in [7, 11) is -3.53. The van der Waals surface area contributed by atoms with Crippen LogP contribution in [-0.2, 0) is 9.84 Å². The van der Waals surface area contributed by atoms with E-state index in [-0.39, 0.29) is 10.8 Å². The molecule has 1 aromatic carbocycles. The molecule has 0 saturated heterocycles. The molecule has 3 nitrogen and oxygen atoms in total. The highest BCUT2D eigenvalue weighted by Gasteiger charge is 2.34. The molecular weight excluding hydrogens is 258 g/mol. The summed E-state index contributed by atoms with van der Waals surface area (Å²) in [4.78, 5) is 0.269. The molecule has 1 aliphatic carbocycles. The fraction of sp³-hybridized carbons (Fsp3) is 0.533. The monoisotopic (exact) mass is 277 g/mol. The standard InChI is InChI=1S/C15H19NO2S/c16-12-15(13-8-4-1-2-5-9-13)19(17,18)14-10-6-3-7-11-14/h3,6-7,10-11,13,15H,1-2,4-5,8-9H2. The number of hydrogen-bond acceptors (Lipinski definition) is 3. The van der Waals surface area contributed by atoms with E-state index in [9.17, 15) is 13.7 Å². The second kappa shape index (κ2) is 6.21. The zero-order valence-corrected chi connectivity index (χ0v) is 11.8. The van der Waals surface area contributed by atoms with Crippen molar-refractivity contribution in [1.29, 1.82) is 5.26 Å². The minimum atomic E-state index is -3.53. The Bertz CT molecular complexity index is 537. The van der Waals surface area contributed by atoms with E-state index < -0.39 is 15.1 Å². The third-order valence-electron chi connectivity index (χ3n) is 3.86. The van der Waals surface area contributed by atoms with Crippen LogP contribution < -0.4 is 0 Å². The lowest BCUT2D eigenvalue weighted by atomic mass is 9.97. The average molecular weight is 277 g/mol. The van der Waals surface area contributed by atoms with Crippen molar-refractivity contribution in [2.45, 2.75) is 48.7 Å². The first-order valence-electron chi connectivity index (χ1n) is 6.85. The molecule has 0 bridgehead atoms. The molecule has 0 N–H and O–H groups in total. The van der Waals surface area contributed by atoms with E-state index in [4.69, 9.17) is 0 Å². The number of sulfone groups is 1. The van der Waals surface area contributed by atoms with E-state index in [1.165, 1.54) is 0 Å². The van der Waals surface area contributed by atoms with E-state index in [1.807, 2.05) is 0 Å². The Balaban J connectivity index is 2.28. The number of hydrogen-bond donors (Lipinski definition) is 0. The van der Waals surface area contributed by atoms with Crippen LogP contribution in [0.5, 0.6) is 0 Å². The summed E-state index contributed by atoms with van der Waals surface area (Å²) in [5.74, 6) is -0.0160. The highest BCUT2D eigenvalue weighted by Crippen LogP contribution is 2.31. The largest absolute Gasteiger partial charge is 0.222 e. The summed E-state index contributed by atoms with van der Waals surface area (Å²) in [6.45, 7) is 0. The second-order valence-corrected chi connectivity index (χ2v) is 7.23. The van der Waals surface area contributed by atoms with Gasteiger partial charge < -0.3 is 0 Å². The lowest BCUT2D eigenvalue weighted by molar-refractivity contribution is 0.459. The van der Waals surface area contributed by atoms with Gasteiger partial charge in [0.1, 0.15) is 0 Å². The molecule has 1 unspecified atom stereocenters. The molecule has 1 aliphatic rings. The molecule has 0 spiro atoms. The van der Waals surface area contributed by atoms with Crippen LogP contribution >= 0.6 is 0 Å². The third-order valence-corrected chi connectivity index (χ3v) is 5.95. The van der Waals surface area contributed by atoms with Crippen LogP contribution in [0.15, 0.2) is 35.2 Å². The van der Waals surface area contributed by atoms with Crippen LogP contribution in [-0.4, -0.2) is 13.7 Å². The quantitative estimate of drug-likeness (QED) is 0.796. The molecular formula is C15H19NO2S. The lowest BCUT2D eigenvalue weighted by Crippen LogP contribution is -2.28. The third kappa shape index (κ3) is 3.16. The van der Waals surface area contributed by atoms with Crippen molar-refractivity contribution >= 4 is 9.84 Å². The zero-order chi connectivity index (χ0) is 13.7. The van der Waals surface area contributed by atoms with Gasteiger partial charge in [-0.15, -0.1) is 0 Å². The van der Waals surface area contributed by atoms with Gasteiger partial charge in [0.2, 0.25) is 0 Å². The van der Waals surface area contributed by atoms with Crippen LogP contribution in [0.2, 0.25) is 0 Å². The van der Waals surface area contributed by atoms with Crippen LogP contribution in [0.3, 0.4) is 0 Å². The molecule has 0 aromatic heterocycles. The summed E-state index contributed by atoms with van der Waals surface area (Å²) in [6.07, 6.45) is 6.08. The zero-order valence-electron chi connectivity index (χ0n) is 11.0. The summed E-state index contributed by atoms with van der Waals surface area (Å²) in [5, 5.41) is 8.44. The Morgan fingerprint density at radius 2 is 1.63 bits per heavy atom. The molecule has 0 heterocycles. The molecule has 0 radical (unpaired) electrons. The van der Waals surface area contributed by atoms with Gasteiger partial charge in [0, 0.05) is 0 Å². The molecule has 1 saturated carbocycles. The van der Waals surface area contributed by atoms with Crippen LogP contribution in [0.25, 0.3) is 0 Å². The van der Waals surface area contributed by atoms with Crippen LogP contribution in [0.1, 0.15) is 38.5 Å². The first-order chi connectivity index (χ1) is 9.16. The SMILES string of the molecule is N#CC(C1CCCCCC1)S(=O)(=O)c1ccccc1. The minimum Gasteiger partial charge on any atom is -0.222 e. The predicted octanol–water partition coefficient (Wildman–Crippen LogP) is 3.32. The van der Waals surface area contributed by atoms with Crippen LogP contribution in [0.4, 0.5) is 0 Å². The van der Waals surface area contributed by atoms with Crippen molar-refractivity contribution in [3.63, 3.8) is 0 Å². The van der Waals surface area contributed by atoms with Gasteiger partial charge in [0.25, 0.3) is 0 Å². The van der Waals surface area contributed by atoms with Crippen molar-refractivity contribution < 1.29 is 8.42 Å². The van der Waals surface area contributed by atoms with E-state index in [0.717, 1.165) is 38.5 Å². The molecule has 0 aliphatic heterocycles. The second-order valence-electron chi connectivity index (χ2n) is 5.16. The maximum absolute atomic E-state index is 12.6. The highest BCUT2D eigenvalue weighted by atomic mass is 32.2. The van der Waals surface area contributed by atoms with Crippen molar-refractivity contribution in [1.82, 2.24) is 0 Å². The fourth-order valence-corrected chi connectivity index (χ4v) is 4.55. The van der Waals surface area contributed by atoms with Gasteiger partial charge in [-0.3, -0.25) is 0 Å². The number of benzene rings is 1. The molecule has 0 amide bonds. The summed E-state index contributed by atoms with van der Waals surface area (Å²) in [5.41, 5.74) is 0. The van der Waals surface area contributed by atoms with Gasteiger partial charge in [0.05, 0.1) is 11.0 Å². The topological polar surface area (TPSA) is 57.9 Å². The first-order valence-corrected chi connectivity index (χ1v) is 8.39. The minimum absolute atomic E-state index is 0.0160. The number of nitriles is 1. The number of nitrogens with zero attached hydrogens (tertiary/aromatic N) is 1. The normalized spacial score (nSPS) is 19.3. The number of rotatable bonds is 3. The van der Waals surface area contributed by atoms with Crippen molar-refractivity contribution in [3.05, 3.63) is 30.3 Å². The van der Waals surface area contributed by atoms with Crippen molar-refractivity contribution in [2.24, 2.45) is 5.92 Å². The Kier molecular flexibility index (Phi) is 4.60. The maximum atomic E-state index is 12.6. The predicted molar refractivity (Wildman–Crippen MR) is 74.2 cm³/mol. The molecule has 4 heteroatoms. The average Bonchev–Trinajstić information content (AvgIpc) is 2.69. The van der Waals surface area contributed by atoms with E-state index >= 15 is 0 Å². The van der Waals surface area contributed by atoms with Gasteiger partial charge in [-0.1, -0.05) is 43.9 Å². The Morgan fingerprint density at radius 3 is 2.16 bits per heavy atom. The van der Waals surface area contributed by atoms with E-state index in [0.29, 0.717) is 0 Å². The fourth-order valence-electron chi connectivity index (χ4n) is 2.80. The summed E-state index contributed by atoms with van der Waals surface area (Å²) >= 11 is 0. The highest BCUT2D eigenvalue weighted by molar-refractivity contribution is 7.92. The molecule has 1 aromatic rings. The Morgan fingerprint density at radius 1 is 1.05 bits per heavy atom. The summed E-state index contributed by atoms with van der Waals surface area (Å²) in [6, 6.07) is 10.4. The van der Waals surface area contributed by atoms with Gasteiger partial charge in [-0.05, 0) is 30.9 Å². The molecule has 2 rings (SSSR count). The smallest absolute Gasteiger partial charge is 0.194 e. The molecule has 1 fully saturated rings. The Hall–Kier alpha value is -1.34. The van der Waals surface area contributed by atoms with E-state index in [1.54, 1.807) is 30.3 Å². The van der Waals surface area contributed by atoms with Crippen molar-refractivity contribution in [3.8, 4) is 6.07 Å². The molecule has 19 heavy (non-hydrogen) atoms. The lowest BCUT2D eigenvalue weighted by Gasteiger charge is -2.20. The maximum Gasteiger partial charge on any atom is 0.194 e. The van der Waals surface area contributed by atoms with Crippen molar-refractivity contribution in [2.75, 3.05) is 0 Å². The van der Waals surface area contributed by atoms with Gasteiger partial charge in [0.15, 0.2) is 15.1 Å². The van der Waals surface area contributed by atoms with Gasteiger partial charge in [-0.25, -0.2) is 8.42 Å². The molecule has 1 atom stereocenters. The van der Waals surface area contributed by atoms with Gasteiger partial charge >= 0.3 is 0 Å². The first kappa shape index (κ1) is 14.1. The Labute approximate surface area is 115 Å². The van der Waals surface area contributed by atoms with Crippen LogP contribution in [0, 0.1) is 17.2 Å². The van der Waals surface area contributed by atoms with Gasteiger partial charge in [-0.2, -0.15) is 5.26 Å².